The number of allylic oxidation sites excluding steroid dienone is 1. The summed E-state index contributed by atoms with van der Waals surface area (Å²) in [5.41, 5.74) is 0. The predicted octanol–water partition coefficient (Wildman–Crippen LogP) is 4.81. The lowest BCUT2D eigenvalue weighted by atomic mass is 9.94. The lowest BCUT2D eigenvalue weighted by molar-refractivity contribution is 0.420. The zero-order valence-electron chi connectivity index (χ0n) is 9.68. The van der Waals surface area contributed by atoms with E-state index in [-0.39, 0.29) is 0 Å². The van der Waals surface area contributed by atoms with E-state index in [1.54, 1.807) is 0 Å². The van der Waals surface area contributed by atoms with Gasteiger partial charge in [0, 0.05) is 0 Å². The highest BCUT2D eigenvalue weighted by Gasteiger charge is 2.03. The molecule has 0 unspecified atom stereocenters. The van der Waals surface area contributed by atoms with Crippen molar-refractivity contribution in [2.45, 2.75) is 59.3 Å². The van der Waals surface area contributed by atoms with Crippen molar-refractivity contribution in [3.63, 3.8) is 0 Å². The molecule has 0 saturated heterocycles. The van der Waals surface area contributed by atoms with Gasteiger partial charge in [0.05, 0.1) is 0 Å². The normalized spacial score (nSPS) is 15.3. The Hall–Kier alpha value is -0.260. The third-order valence-electron chi connectivity index (χ3n) is 2.95. The second-order valence-electron chi connectivity index (χ2n) is 4.42. The summed E-state index contributed by atoms with van der Waals surface area (Å²) < 4.78 is 0. The molecule has 0 heterocycles. The van der Waals surface area contributed by atoms with Crippen LogP contribution in [-0.4, -0.2) is 0 Å². The van der Waals surface area contributed by atoms with Crippen molar-refractivity contribution in [3.05, 3.63) is 12.7 Å². The van der Waals surface area contributed by atoms with E-state index in [0.717, 1.165) is 11.8 Å². The van der Waals surface area contributed by atoms with Gasteiger partial charge in [-0.05, 0) is 24.7 Å². The van der Waals surface area contributed by atoms with Crippen LogP contribution in [0.2, 0.25) is 0 Å². The number of hydrogen-bond donors (Lipinski definition) is 0. The standard InChI is InChI=1S/C13H26/c1-5-7-9-13(4)11-8-10-12(3)6-2/h5,12-13H,1,6-11H2,2-4H3/t12-,13+/m1/s1. The first kappa shape index (κ1) is 12.7. The van der Waals surface area contributed by atoms with Gasteiger partial charge in [-0.25, -0.2) is 0 Å². The Kier molecular flexibility index (Phi) is 8.18. The van der Waals surface area contributed by atoms with E-state index in [2.05, 4.69) is 27.4 Å². The molecule has 2 atom stereocenters. The highest BCUT2D eigenvalue weighted by Crippen LogP contribution is 2.17. The van der Waals surface area contributed by atoms with Crippen molar-refractivity contribution in [1.29, 1.82) is 0 Å². The molecule has 0 fully saturated rings. The highest BCUT2D eigenvalue weighted by atomic mass is 14.1. The summed E-state index contributed by atoms with van der Waals surface area (Å²) in [5.74, 6) is 1.81. The molecule has 78 valence electrons. The SMILES string of the molecule is C=CCC[C@H](C)CCC[C@H](C)CC. The predicted molar refractivity (Wildman–Crippen MR) is 61.9 cm³/mol. The Labute approximate surface area is 84.4 Å². The molecule has 0 heteroatoms. The van der Waals surface area contributed by atoms with Gasteiger partial charge in [0.15, 0.2) is 0 Å². The van der Waals surface area contributed by atoms with Crippen molar-refractivity contribution >= 4 is 0 Å². The summed E-state index contributed by atoms with van der Waals surface area (Å²) >= 11 is 0. The van der Waals surface area contributed by atoms with E-state index < -0.39 is 0 Å². The minimum absolute atomic E-state index is 0.891. The van der Waals surface area contributed by atoms with E-state index in [1.807, 2.05) is 6.08 Å². The van der Waals surface area contributed by atoms with Gasteiger partial charge >= 0.3 is 0 Å². The van der Waals surface area contributed by atoms with Crippen molar-refractivity contribution in [1.82, 2.24) is 0 Å². The summed E-state index contributed by atoms with van der Waals surface area (Å²) in [6, 6.07) is 0. The van der Waals surface area contributed by atoms with Crippen LogP contribution in [0.4, 0.5) is 0 Å². The van der Waals surface area contributed by atoms with E-state index in [9.17, 15) is 0 Å². The van der Waals surface area contributed by atoms with E-state index in [0.29, 0.717) is 0 Å². The molecule has 0 aliphatic carbocycles. The molecule has 0 aromatic carbocycles. The molecule has 0 aliphatic rings. The van der Waals surface area contributed by atoms with E-state index in [4.69, 9.17) is 0 Å². The summed E-state index contributed by atoms with van der Waals surface area (Å²) in [5, 5.41) is 0. The second-order valence-corrected chi connectivity index (χ2v) is 4.42. The van der Waals surface area contributed by atoms with E-state index in [1.165, 1.54) is 38.5 Å². The minimum atomic E-state index is 0.891. The Balaban J connectivity index is 3.25. The molecule has 0 amide bonds. The van der Waals surface area contributed by atoms with Crippen LogP contribution < -0.4 is 0 Å². The molecule has 0 aromatic rings. The Morgan fingerprint density at radius 3 is 2.23 bits per heavy atom. The van der Waals surface area contributed by atoms with Gasteiger partial charge in [-0.3, -0.25) is 0 Å². The van der Waals surface area contributed by atoms with Gasteiger partial charge in [0.25, 0.3) is 0 Å². The topological polar surface area (TPSA) is 0 Å². The van der Waals surface area contributed by atoms with Crippen molar-refractivity contribution in [3.8, 4) is 0 Å². The van der Waals surface area contributed by atoms with Crippen molar-refractivity contribution in [2.24, 2.45) is 11.8 Å². The maximum absolute atomic E-state index is 3.75. The first-order chi connectivity index (χ1) is 6.20. The maximum atomic E-state index is 3.75. The fourth-order valence-corrected chi connectivity index (χ4v) is 1.57. The van der Waals surface area contributed by atoms with Gasteiger partial charge in [-0.1, -0.05) is 52.5 Å². The fraction of sp³-hybridized carbons (Fsp3) is 0.846. The zero-order chi connectivity index (χ0) is 10.1. The molecule has 13 heavy (non-hydrogen) atoms. The summed E-state index contributed by atoms with van der Waals surface area (Å²) in [6.45, 7) is 10.8. The Morgan fingerprint density at radius 1 is 1.08 bits per heavy atom. The smallest absolute Gasteiger partial charge is 0.0351 e. The first-order valence-electron chi connectivity index (χ1n) is 5.81. The van der Waals surface area contributed by atoms with Gasteiger partial charge in [0.1, 0.15) is 0 Å². The summed E-state index contributed by atoms with van der Waals surface area (Å²) in [6.07, 6.45) is 10.1. The van der Waals surface area contributed by atoms with Crippen LogP contribution in [0.15, 0.2) is 12.7 Å². The lowest BCUT2D eigenvalue weighted by Crippen LogP contribution is -1.97. The minimum Gasteiger partial charge on any atom is -0.103 e. The van der Waals surface area contributed by atoms with Crippen LogP contribution in [0.1, 0.15) is 59.3 Å². The first-order valence-corrected chi connectivity index (χ1v) is 5.81. The van der Waals surface area contributed by atoms with Gasteiger partial charge in [0.2, 0.25) is 0 Å². The lowest BCUT2D eigenvalue weighted by Gasteiger charge is -2.12. The molecular formula is C13H26. The molecule has 0 saturated carbocycles. The van der Waals surface area contributed by atoms with Gasteiger partial charge in [-0.15, -0.1) is 6.58 Å². The largest absolute Gasteiger partial charge is 0.103 e. The molecule has 0 nitrogen and oxygen atoms in total. The molecule has 0 spiro atoms. The monoisotopic (exact) mass is 182 g/mol. The Morgan fingerprint density at radius 2 is 1.69 bits per heavy atom. The van der Waals surface area contributed by atoms with Crippen LogP contribution in [0.5, 0.6) is 0 Å². The zero-order valence-corrected chi connectivity index (χ0v) is 9.68. The van der Waals surface area contributed by atoms with E-state index >= 15 is 0 Å². The van der Waals surface area contributed by atoms with Gasteiger partial charge in [-0.2, -0.15) is 0 Å². The van der Waals surface area contributed by atoms with Crippen LogP contribution in [0, 0.1) is 11.8 Å². The Bertz CT molecular complexity index is 115. The van der Waals surface area contributed by atoms with Crippen LogP contribution in [0.25, 0.3) is 0 Å². The summed E-state index contributed by atoms with van der Waals surface area (Å²) in [7, 11) is 0. The average Bonchev–Trinajstić information content (AvgIpc) is 2.14. The molecule has 0 aliphatic heterocycles. The molecular weight excluding hydrogens is 156 g/mol. The second kappa shape index (κ2) is 8.34. The van der Waals surface area contributed by atoms with Crippen LogP contribution in [-0.2, 0) is 0 Å². The fourth-order valence-electron chi connectivity index (χ4n) is 1.57. The summed E-state index contributed by atoms with van der Waals surface area (Å²) in [4.78, 5) is 0. The highest BCUT2D eigenvalue weighted by molar-refractivity contribution is 4.68. The molecule has 0 N–H and O–H groups in total. The molecule has 0 radical (unpaired) electrons. The molecule has 0 rings (SSSR count). The van der Waals surface area contributed by atoms with Gasteiger partial charge < -0.3 is 0 Å². The number of hydrogen-bond acceptors (Lipinski definition) is 0. The third-order valence-corrected chi connectivity index (χ3v) is 2.95. The maximum Gasteiger partial charge on any atom is -0.0351 e. The van der Waals surface area contributed by atoms with Crippen molar-refractivity contribution < 1.29 is 0 Å². The quantitative estimate of drug-likeness (QED) is 0.473. The molecule has 0 aromatic heterocycles. The third kappa shape index (κ3) is 8.08. The average molecular weight is 182 g/mol. The van der Waals surface area contributed by atoms with Crippen molar-refractivity contribution in [2.75, 3.05) is 0 Å². The molecule has 0 bridgehead atoms. The number of rotatable bonds is 8. The van der Waals surface area contributed by atoms with Crippen LogP contribution in [0.3, 0.4) is 0 Å². The van der Waals surface area contributed by atoms with Crippen LogP contribution >= 0.6 is 0 Å².